The minimum absolute atomic E-state index is 0.240. The summed E-state index contributed by atoms with van der Waals surface area (Å²) >= 11 is 0. The van der Waals surface area contributed by atoms with Gasteiger partial charge in [0.2, 0.25) is 0 Å². The second kappa shape index (κ2) is 3.74. The van der Waals surface area contributed by atoms with Crippen LogP contribution < -0.4 is 0 Å². The number of rotatable bonds is 3. The molecule has 1 aliphatic rings. The predicted molar refractivity (Wildman–Crippen MR) is 58.1 cm³/mol. The Morgan fingerprint density at radius 2 is 1.93 bits per heavy atom. The van der Waals surface area contributed by atoms with Crippen molar-refractivity contribution in [2.45, 2.75) is 32.8 Å². The highest BCUT2D eigenvalue weighted by atomic mass is 16.3. The zero-order chi connectivity index (χ0) is 10.1. The average molecular weight is 190 g/mol. The van der Waals surface area contributed by atoms with E-state index in [-0.39, 0.29) is 6.10 Å². The molecule has 0 bridgehead atoms. The molecule has 1 aromatic rings. The lowest BCUT2D eigenvalue weighted by Crippen LogP contribution is -2.00. The van der Waals surface area contributed by atoms with Gasteiger partial charge in [0, 0.05) is 0 Å². The molecule has 0 heterocycles. The standard InChI is InChI=1S/C13H18O/c1-3-10-4-6-11(7-5-10)13(14)12-8-9(12)2/h4-7,9,12-14H,3,8H2,1-2H3. The fourth-order valence-electron chi connectivity index (χ4n) is 1.99. The van der Waals surface area contributed by atoms with Gasteiger partial charge in [-0.3, -0.25) is 0 Å². The number of hydrogen-bond donors (Lipinski definition) is 1. The first-order chi connectivity index (χ1) is 6.72. The lowest BCUT2D eigenvalue weighted by molar-refractivity contribution is 0.148. The van der Waals surface area contributed by atoms with Crippen LogP contribution in [0.25, 0.3) is 0 Å². The first kappa shape index (κ1) is 9.72. The molecule has 3 atom stereocenters. The van der Waals surface area contributed by atoms with Gasteiger partial charge >= 0.3 is 0 Å². The Balaban J connectivity index is 2.08. The molecule has 2 rings (SSSR count). The fraction of sp³-hybridized carbons (Fsp3) is 0.538. The van der Waals surface area contributed by atoms with Crippen LogP contribution in [0.2, 0.25) is 0 Å². The van der Waals surface area contributed by atoms with Gasteiger partial charge in [0.05, 0.1) is 6.10 Å². The van der Waals surface area contributed by atoms with Gasteiger partial charge in [0.15, 0.2) is 0 Å². The van der Waals surface area contributed by atoms with Gasteiger partial charge in [-0.25, -0.2) is 0 Å². The van der Waals surface area contributed by atoms with Crippen molar-refractivity contribution in [2.75, 3.05) is 0 Å². The number of aliphatic hydroxyl groups excluding tert-OH is 1. The number of aliphatic hydroxyl groups is 1. The van der Waals surface area contributed by atoms with Crippen LogP contribution in [0.1, 0.15) is 37.5 Å². The molecular formula is C13H18O. The Bertz CT molecular complexity index is 302. The van der Waals surface area contributed by atoms with E-state index in [1.54, 1.807) is 0 Å². The third-order valence-electron chi connectivity index (χ3n) is 3.31. The van der Waals surface area contributed by atoms with Gasteiger partial charge < -0.3 is 5.11 Å². The summed E-state index contributed by atoms with van der Waals surface area (Å²) in [6.07, 6.45) is 2.00. The molecule has 1 heteroatoms. The molecule has 0 spiro atoms. The third-order valence-corrected chi connectivity index (χ3v) is 3.31. The van der Waals surface area contributed by atoms with Crippen molar-refractivity contribution >= 4 is 0 Å². The first-order valence-electron chi connectivity index (χ1n) is 5.49. The van der Waals surface area contributed by atoms with Crippen molar-refractivity contribution in [2.24, 2.45) is 11.8 Å². The van der Waals surface area contributed by atoms with Crippen LogP contribution >= 0.6 is 0 Å². The number of hydrogen-bond acceptors (Lipinski definition) is 1. The smallest absolute Gasteiger partial charge is 0.0820 e. The number of benzene rings is 1. The first-order valence-corrected chi connectivity index (χ1v) is 5.49. The van der Waals surface area contributed by atoms with Crippen LogP contribution in [0.15, 0.2) is 24.3 Å². The summed E-state index contributed by atoms with van der Waals surface area (Å²) in [4.78, 5) is 0. The molecule has 1 nitrogen and oxygen atoms in total. The number of aryl methyl sites for hydroxylation is 1. The minimum Gasteiger partial charge on any atom is -0.388 e. The summed E-state index contributed by atoms with van der Waals surface area (Å²) in [6.45, 7) is 4.35. The van der Waals surface area contributed by atoms with Gasteiger partial charge in [-0.1, -0.05) is 38.1 Å². The minimum atomic E-state index is -0.240. The molecule has 76 valence electrons. The van der Waals surface area contributed by atoms with E-state index in [2.05, 4.69) is 38.1 Å². The second-order valence-electron chi connectivity index (χ2n) is 4.42. The molecule has 0 aromatic heterocycles. The van der Waals surface area contributed by atoms with Crippen LogP contribution in [0.5, 0.6) is 0 Å². The van der Waals surface area contributed by atoms with Crippen LogP contribution in [0.3, 0.4) is 0 Å². The van der Waals surface area contributed by atoms with E-state index in [0.717, 1.165) is 12.0 Å². The molecule has 1 saturated carbocycles. The average Bonchev–Trinajstić information content (AvgIpc) is 2.95. The Morgan fingerprint density at radius 3 is 2.36 bits per heavy atom. The molecule has 1 fully saturated rings. The van der Waals surface area contributed by atoms with E-state index in [9.17, 15) is 5.11 Å². The van der Waals surface area contributed by atoms with E-state index in [4.69, 9.17) is 0 Å². The van der Waals surface area contributed by atoms with Crippen LogP contribution in [0, 0.1) is 11.8 Å². The monoisotopic (exact) mass is 190 g/mol. The Hall–Kier alpha value is -0.820. The van der Waals surface area contributed by atoms with Crippen molar-refractivity contribution in [1.29, 1.82) is 0 Å². The van der Waals surface area contributed by atoms with Gasteiger partial charge in [0.1, 0.15) is 0 Å². The molecule has 1 aliphatic carbocycles. The summed E-state index contributed by atoms with van der Waals surface area (Å²) in [5, 5.41) is 9.99. The quantitative estimate of drug-likeness (QED) is 0.777. The summed E-state index contributed by atoms with van der Waals surface area (Å²) in [5.41, 5.74) is 2.42. The highest BCUT2D eigenvalue weighted by Crippen LogP contribution is 2.46. The SMILES string of the molecule is CCc1ccc(C(O)C2CC2C)cc1. The van der Waals surface area contributed by atoms with Gasteiger partial charge in [0.25, 0.3) is 0 Å². The van der Waals surface area contributed by atoms with Crippen LogP contribution in [0.4, 0.5) is 0 Å². The van der Waals surface area contributed by atoms with E-state index >= 15 is 0 Å². The molecule has 1 aromatic carbocycles. The van der Waals surface area contributed by atoms with Crippen molar-refractivity contribution < 1.29 is 5.11 Å². The molecule has 0 radical (unpaired) electrons. The Morgan fingerprint density at radius 1 is 1.36 bits per heavy atom. The van der Waals surface area contributed by atoms with E-state index < -0.39 is 0 Å². The molecule has 0 saturated heterocycles. The van der Waals surface area contributed by atoms with Gasteiger partial charge in [-0.05, 0) is 35.8 Å². The molecule has 3 unspecified atom stereocenters. The fourth-order valence-corrected chi connectivity index (χ4v) is 1.99. The van der Waals surface area contributed by atoms with Crippen molar-refractivity contribution in [3.8, 4) is 0 Å². The lowest BCUT2D eigenvalue weighted by Gasteiger charge is -2.10. The van der Waals surface area contributed by atoms with Crippen LogP contribution in [-0.4, -0.2) is 5.11 Å². The van der Waals surface area contributed by atoms with Gasteiger partial charge in [-0.15, -0.1) is 0 Å². The molecule has 0 aliphatic heterocycles. The molecule has 1 N–H and O–H groups in total. The maximum atomic E-state index is 9.99. The largest absolute Gasteiger partial charge is 0.388 e. The Kier molecular flexibility index (Phi) is 2.60. The third kappa shape index (κ3) is 1.83. The van der Waals surface area contributed by atoms with Crippen LogP contribution in [-0.2, 0) is 6.42 Å². The van der Waals surface area contributed by atoms with Crippen molar-refractivity contribution in [3.05, 3.63) is 35.4 Å². The summed E-state index contributed by atoms with van der Waals surface area (Å²) < 4.78 is 0. The van der Waals surface area contributed by atoms with Crippen molar-refractivity contribution in [3.63, 3.8) is 0 Å². The zero-order valence-electron chi connectivity index (χ0n) is 8.90. The van der Waals surface area contributed by atoms with E-state index in [1.165, 1.54) is 12.0 Å². The summed E-state index contributed by atoms with van der Waals surface area (Å²) in [5.74, 6) is 1.21. The highest BCUT2D eigenvalue weighted by molar-refractivity contribution is 5.25. The van der Waals surface area contributed by atoms with E-state index in [1.807, 2.05) is 0 Å². The van der Waals surface area contributed by atoms with Crippen molar-refractivity contribution in [1.82, 2.24) is 0 Å². The predicted octanol–water partition coefficient (Wildman–Crippen LogP) is 2.94. The topological polar surface area (TPSA) is 20.2 Å². The normalized spacial score (nSPS) is 27.4. The summed E-state index contributed by atoms with van der Waals surface area (Å²) in [6, 6.07) is 8.36. The maximum absolute atomic E-state index is 9.99. The molecule has 0 amide bonds. The molecule has 14 heavy (non-hydrogen) atoms. The summed E-state index contributed by atoms with van der Waals surface area (Å²) in [7, 11) is 0. The maximum Gasteiger partial charge on any atom is 0.0820 e. The molecular weight excluding hydrogens is 172 g/mol. The zero-order valence-corrected chi connectivity index (χ0v) is 8.90. The highest BCUT2D eigenvalue weighted by Gasteiger charge is 2.39. The van der Waals surface area contributed by atoms with E-state index in [0.29, 0.717) is 11.8 Å². The lowest BCUT2D eigenvalue weighted by atomic mass is 10.0. The second-order valence-corrected chi connectivity index (χ2v) is 4.42. The van der Waals surface area contributed by atoms with Gasteiger partial charge in [-0.2, -0.15) is 0 Å². The Labute approximate surface area is 85.8 Å².